The van der Waals surface area contributed by atoms with Crippen LogP contribution in [0.15, 0.2) is 0 Å². The van der Waals surface area contributed by atoms with Crippen LogP contribution in [0.1, 0.15) is 40.0 Å². The van der Waals surface area contributed by atoms with Crippen molar-refractivity contribution in [3.63, 3.8) is 0 Å². The first-order valence-corrected chi connectivity index (χ1v) is 5.83. The van der Waals surface area contributed by atoms with Crippen molar-refractivity contribution in [2.75, 3.05) is 7.05 Å². The lowest BCUT2D eigenvalue weighted by atomic mass is 10.0. The van der Waals surface area contributed by atoms with E-state index in [0.717, 1.165) is 6.42 Å². The largest absolute Gasteiger partial charge is 0.393 e. The Labute approximate surface area is 98.0 Å². The summed E-state index contributed by atoms with van der Waals surface area (Å²) in [6.45, 7) is 6.15. The molecule has 2 unspecified atom stereocenters. The van der Waals surface area contributed by atoms with E-state index >= 15 is 0 Å². The maximum Gasteiger partial charge on any atom is 0.222 e. The summed E-state index contributed by atoms with van der Waals surface area (Å²) in [6, 6.07) is 0.0963. The summed E-state index contributed by atoms with van der Waals surface area (Å²) in [7, 11) is 1.81. The van der Waals surface area contributed by atoms with Gasteiger partial charge in [0.15, 0.2) is 0 Å². The molecule has 15 heavy (non-hydrogen) atoms. The Kier molecular flexibility index (Phi) is 6.48. The molecule has 0 aliphatic rings. The van der Waals surface area contributed by atoms with E-state index in [1.54, 1.807) is 4.90 Å². The molecule has 0 bridgehead atoms. The van der Waals surface area contributed by atoms with E-state index in [1.165, 1.54) is 0 Å². The number of carbonyl (C=O) groups excluding carboxylic acids is 1. The van der Waals surface area contributed by atoms with Crippen LogP contribution in [0.4, 0.5) is 0 Å². The van der Waals surface area contributed by atoms with Crippen molar-refractivity contribution < 1.29 is 4.79 Å². The van der Waals surface area contributed by atoms with E-state index in [-0.39, 0.29) is 11.9 Å². The second-order valence-corrected chi connectivity index (χ2v) is 4.77. The van der Waals surface area contributed by atoms with Crippen LogP contribution in [0.5, 0.6) is 0 Å². The van der Waals surface area contributed by atoms with E-state index in [9.17, 15) is 4.79 Å². The molecule has 0 aromatic heterocycles. The van der Waals surface area contributed by atoms with Crippen LogP contribution in [-0.4, -0.2) is 28.9 Å². The first-order chi connectivity index (χ1) is 6.88. The number of carbonyl (C=O) groups is 1. The quantitative estimate of drug-likeness (QED) is 0.709. The monoisotopic (exact) mass is 230 g/mol. The Balaban J connectivity index is 4.12. The van der Waals surface area contributed by atoms with Gasteiger partial charge in [-0.05, 0) is 12.8 Å². The number of hydrogen-bond donors (Lipinski definition) is 1. The summed E-state index contributed by atoms with van der Waals surface area (Å²) in [5.74, 6) is 0.616. The van der Waals surface area contributed by atoms with E-state index in [0.29, 0.717) is 23.7 Å². The highest BCUT2D eigenvalue weighted by Gasteiger charge is 2.17. The van der Waals surface area contributed by atoms with E-state index in [1.807, 2.05) is 14.0 Å². The molecule has 2 atom stereocenters. The first-order valence-electron chi connectivity index (χ1n) is 5.42. The van der Waals surface area contributed by atoms with Crippen molar-refractivity contribution in [3.8, 4) is 0 Å². The molecule has 4 heteroatoms. The molecule has 0 rings (SSSR count). The second kappa shape index (κ2) is 6.77. The third-order valence-electron chi connectivity index (χ3n) is 2.77. The predicted molar refractivity (Wildman–Crippen MR) is 67.7 cm³/mol. The molecule has 0 fully saturated rings. The van der Waals surface area contributed by atoms with Gasteiger partial charge in [-0.3, -0.25) is 4.79 Å². The first kappa shape index (κ1) is 14.4. The topological polar surface area (TPSA) is 46.3 Å². The zero-order chi connectivity index (χ0) is 12.0. The molecule has 0 radical (unpaired) electrons. The van der Waals surface area contributed by atoms with Gasteiger partial charge < -0.3 is 10.6 Å². The summed E-state index contributed by atoms with van der Waals surface area (Å²) < 4.78 is 0. The van der Waals surface area contributed by atoms with Crippen LogP contribution in [0.25, 0.3) is 0 Å². The van der Waals surface area contributed by atoms with Crippen LogP contribution in [-0.2, 0) is 4.79 Å². The van der Waals surface area contributed by atoms with Gasteiger partial charge in [-0.1, -0.05) is 32.5 Å². The minimum Gasteiger partial charge on any atom is -0.393 e. The van der Waals surface area contributed by atoms with Crippen molar-refractivity contribution in [1.82, 2.24) is 4.90 Å². The molecule has 0 aromatic rings. The number of thiocarbonyl (C=S) groups is 1. The molecule has 0 aromatic carbocycles. The molecule has 2 N–H and O–H groups in total. The molecule has 88 valence electrons. The zero-order valence-electron chi connectivity index (χ0n) is 10.1. The van der Waals surface area contributed by atoms with Gasteiger partial charge >= 0.3 is 0 Å². The van der Waals surface area contributed by atoms with Gasteiger partial charge in [-0.15, -0.1) is 0 Å². The van der Waals surface area contributed by atoms with Crippen LogP contribution in [0, 0.1) is 5.92 Å². The highest BCUT2D eigenvalue weighted by atomic mass is 32.1. The average molecular weight is 230 g/mol. The Hall–Kier alpha value is -0.640. The third-order valence-corrected chi connectivity index (χ3v) is 2.94. The molecule has 0 heterocycles. The van der Waals surface area contributed by atoms with Gasteiger partial charge in [0.25, 0.3) is 0 Å². The van der Waals surface area contributed by atoms with Gasteiger partial charge in [-0.2, -0.15) is 0 Å². The van der Waals surface area contributed by atoms with Crippen molar-refractivity contribution in [2.24, 2.45) is 11.7 Å². The fraction of sp³-hybridized carbons (Fsp3) is 0.818. The van der Waals surface area contributed by atoms with Gasteiger partial charge in [0.05, 0.1) is 4.99 Å². The molecule has 1 amide bonds. The number of hydrogen-bond acceptors (Lipinski definition) is 2. The van der Waals surface area contributed by atoms with Crippen LogP contribution in [0.3, 0.4) is 0 Å². The van der Waals surface area contributed by atoms with Crippen molar-refractivity contribution >= 4 is 23.1 Å². The smallest absolute Gasteiger partial charge is 0.222 e. The molecule has 0 aliphatic heterocycles. The summed E-state index contributed by atoms with van der Waals surface area (Å²) in [5.41, 5.74) is 5.45. The number of nitrogens with two attached hydrogens (primary N) is 1. The SMILES string of the molecule is CCC(C)CC(=O)N(C)C(C)CC(N)=S. The van der Waals surface area contributed by atoms with Gasteiger partial charge in [0.1, 0.15) is 0 Å². The number of amides is 1. The van der Waals surface area contributed by atoms with Crippen molar-refractivity contribution in [1.29, 1.82) is 0 Å². The number of rotatable bonds is 6. The van der Waals surface area contributed by atoms with Gasteiger partial charge in [-0.25, -0.2) is 0 Å². The summed E-state index contributed by atoms with van der Waals surface area (Å²) in [6.07, 6.45) is 2.23. The van der Waals surface area contributed by atoms with Gasteiger partial charge in [0, 0.05) is 25.9 Å². The Morgan fingerprint density at radius 3 is 2.33 bits per heavy atom. The summed E-state index contributed by atoms with van der Waals surface area (Å²) in [4.78, 5) is 14.0. The van der Waals surface area contributed by atoms with Gasteiger partial charge in [0.2, 0.25) is 5.91 Å². The Bertz CT molecular complexity index is 231. The summed E-state index contributed by atoms with van der Waals surface area (Å²) >= 11 is 4.83. The molecule has 0 saturated heterocycles. The lowest BCUT2D eigenvalue weighted by molar-refractivity contribution is -0.132. The van der Waals surface area contributed by atoms with Crippen LogP contribution >= 0.6 is 12.2 Å². The van der Waals surface area contributed by atoms with E-state index < -0.39 is 0 Å². The molecular formula is C11H22N2OS. The van der Waals surface area contributed by atoms with E-state index in [4.69, 9.17) is 18.0 Å². The molecule has 3 nitrogen and oxygen atoms in total. The van der Waals surface area contributed by atoms with Crippen LogP contribution < -0.4 is 5.73 Å². The van der Waals surface area contributed by atoms with E-state index in [2.05, 4.69) is 13.8 Å². The molecule has 0 spiro atoms. The summed E-state index contributed by atoms with van der Waals surface area (Å²) in [5, 5.41) is 0. The number of nitrogens with zero attached hydrogens (tertiary/aromatic N) is 1. The second-order valence-electron chi connectivity index (χ2n) is 4.24. The fourth-order valence-electron chi connectivity index (χ4n) is 1.26. The minimum absolute atomic E-state index is 0.0963. The normalized spacial score (nSPS) is 14.4. The highest BCUT2D eigenvalue weighted by molar-refractivity contribution is 7.80. The molecular weight excluding hydrogens is 208 g/mol. The Morgan fingerprint density at radius 1 is 1.40 bits per heavy atom. The van der Waals surface area contributed by atoms with Crippen molar-refractivity contribution in [2.45, 2.75) is 46.1 Å². The molecule has 0 aliphatic carbocycles. The maximum absolute atomic E-state index is 11.8. The third kappa shape index (κ3) is 5.72. The maximum atomic E-state index is 11.8. The van der Waals surface area contributed by atoms with Crippen molar-refractivity contribution in [3.05, 3.63) is 0 Å². The lowest BCUT2D eigenvalue weighted by Crippen LogP contribution is -2.37. The zero-order valence-corrected chi connectivity index (χ0v) is 10.9. The fourth-order valence-corrected chi connectivity index (χ4v) is 1.50. The minimum atomic E-state index is 0.0963. The van der Waals surface area contributed by atoms with Crippen LogP contribution in [0.2, 0.25) is 0 Å². The lowest BCUT2D eigenvalue weighted by Gasteiger charge is -2.25. The molecule has 0 saturated carbocycles. The Morgan fingerprint density at radius 2 is 1.93 bits per heavy atom. The standard InChI is InChI=1S/C11H22N2OS/c1-5-8(2)6-11(14)13(4)9(3)7-10(12)15/h8-9H,5-7H2,1-4H3,(H2,12,15). The predicted octanol–water partition coefficient (Wildman–Crippen LogP) is 1.95. The highest BCUT2D eigenvalue weighted by Crippen LogP contribution is 2.11. The average Bonchev–Trinajstić information content (AvgIpc) is 2.15.